The number of benzene rings is 1. The molecule has 6 nitrogen and oxygen atoms in total. The molecule has 1 fully saturated rings. The smallest absolute Gasteiger partial charge is 0.241 e. The Bertz CT molecular complexity index is 637. The minimum absolute atomic E-state index is 0.354. The van der Waals surface area contributed by atoms with Crippen LogP contribution in [0.2, 0.25) is 0 Å². The molecule has 0 saturated carbocycles. The molecule has 2 rings (SSSR count). The van der Waals surface area contributed by atoms with Gasteiger partial charge in [0.1, 0.15) is 5.75 Å². The summed E-state index contributed by atoms with van der Waals surface area (Å²) in [5, 5.41) is 2.67. The van der Waals surface area contributed by atoms with Crippen LogP contribution in [0.1, 0.15) is 25.3 Å². The average molecular weight is 340 g/mol. The van der Waals surface area contributed by atoms with Crippen LogP contribution in [-0.2, 0) is 26.2 Å². The number of para-hydroxylation sites is 1. The van der Waals surface area contributed by atoms with Gasteiger partial charge in [0.05, 0.1) is 6.61 Å². The van der Waals surface area contributed by atoms with Gasteiger partial charge in [0.15, 0.2) is 0 Å². The number of ether oxygens (including phenoxy) is 1. The molecule has 7 heteroatoms. The second-order valence-electron chi connectivity index (χ2n) is 5.98. The van der Waals surface area contributed by atoms with E-state index in [0.29, 0.717) is 31.3 Å². The van der Waals surface area contributed by atoms with Gasteiger partial charge in [-0.25, -0.2) is 12.7 Å². The molecule has 0 aliphatic carbocycles. The largest absolute Gasteiger partial charge is 0.380 e. The van der Waals surface area contributed by atoms with Gasteiger partial charge in [-0.05, 0) is 24.8 Å². The number of piperidine rings is 1. The normalized spacial score (nSPS) is 17.1. The summed E-state index contributed by atoms with van der Waals surface area (Å²) in [5.74, 6) is -0.508. The van der Waals surface area contributed by atoms with Crippen LogP contribution in [-0.4, -0.2) is 44.6 Å². The monoisotopic (exact) mass is 340 g/mol. The highest BCUT2D eigenvalue weighted by molar-refractivity contribution is 7.89. The highest BCUT2D eigenvalue weighted by Gasteiger charge is 2.28. The lowest BCUT2D eigenvalue weighted by molar-refractivity contribution is -0.113. The molecule has 0 bridgehead atoms. The highest BCUT2D eigenvalue weighted by Crippen LogP contribution is 2.20. The first-order valence-electron chi connectivity index (χ1n) is 7.77. The molecule has 1 N–H and O–H groups in total. The Morgan fingerprint density at radius 2 is 1.96 bits per heavy atom. The maximum absolute atomic E-state index is 12.3. The summed E-state index contributed by atoms with van der Waals surface area (Å²) in [7, 11) is -1.99. The minimum Gasteiger partial charge on any atom is -0.380 e. The number of carbonyl (C=O) groups excluding carboxylic acids is 1. The first-order chi connectivity index (χ1) is 10.9. The zero-order chi connectivity index (χ0) is 16.9. The summed E-state index contributed by atoms with van der Waals surface area (Å²) < 4.78 is 31.2. The Kier molecular flexibility index (Phi) is 6.15. The lowest BCUT2D eigenvalue weighted by Crippen LogP contribution is -2.41. The number of methoxy groups -OCH3 is 1. The van der Waals surface area contributed by atoms with Crippen molar-refractivity contribution in [2.75, 3.05) is 31.3 Å². The van der Waals surface area contributed by atoms with Crippen LogP contribution in [0.3, 0.4) is 0 Å². The van der Waals surface area contributed by atoms with Gasteiger partial charge in [0.25, 0.3) is 0 Å². The number of sulfonamides is 1. The molecule has 1 heterocycles. The summed E-state index contributed by atoms with van der Waals surface area (Å²) in [4.78, 5) is 12.1. The number of rotatable bonds is 6. The lowest BCUT2D eigenvalue weighted by Gasteiger charge is -2.29. The number of nitrogens with zero attached hydrogens (tertiary/aromatic N) is 1. The van der Waals surface area contributed by atoms with Crippen molar-refractivity contribution >= 4 is 21.6 Å². The van der Waals surface area contributed by atoms with E-state index in [9.17, 15) is 13.2 Å². The highest BCUT2D eigenvalue weighted by atomic mass is 32.2. The van der Waals surface area contributed by atoms with E-state index in [1.54, 1.807) is 19.2 Å². The number of anilines is 1. The Morgan fingerprint density at radius 3 is 2.61 bits per heavy atom. The van der Waals surface area contributed by atoms with E-state index >= 15 is 0 Å². The molecule has 1 aliphatic heterocycles. The number of hydrogen-bond acceptors (Lipinski definition) is 4. The molecular weight excluding hydrogens is 316 g/mol. The molecule has 1 aromatic rings. The second kappa shape index (κ2) is 7.90. The first kappa shape index (κ1) is 17.9. The number of nitrogens with one attached hydrogen (secondary N) is 1. The van der Waals surface area contributed by atoms with Gasteiger partial charge in [0, 0.05) is 31.5 Å². The Balaban J connectivity index is 1.99. The number of carbonyl (C=O) groups is 1. The van der Waals surface area contributed by atoms with Crippen LogP contribution in [0.15, 0.2) is 24.3 Å². The third-order valence-corrected chi connectivity index (χ3v) is 5.82. The molecule has 0 aromatic heterocycles. The van der Waals surface area contributed by atoms with Crippen LogP contribution in [0, 0.1) is 5.92 Å². The minimum atomic E-state index is -3.56. The van der Waals surface area contributed by atoms with E-state index in [1.807, 2.05) is 12.1 Å². The van der Waals surface area contributed by atoms with E-state index in [4.69, 9.17) is 4.74 Å². The maximum atomic E-state index is 12.3. The van der Waals surface area contributed by atoms with Crippen LogP contribution in [0.5, 0.6) is 0 Å². The Hall–Kier alpha value is -1.44. The molecule has 1 aliphatic rings. The Morgan fingerprint density at radius 1 is 1.30 bits per heavy atom. The van der Waals surface area contributed by atoms with Gasteiger partial charge in [-0.15, -0.1) is 0 Å². The first-order valence-corrected chi connectivity index (χ1v) is 9.38. The van der Waals surface area contributed by atoms with E-state index in [0.717, 1.165) is 18.4 Å². The molecule has 1 saturated heterocycles. The zero-order valence-electron chi connectivity index (χ0n) is 13.6. The van der Waals surface area contributed by atoms with E-state index in [1.165, 1.54) is 4.31 Å². The van der Waals surface area contributed by atoms with Crippen molar-refractivity contribution in [2.24, 2.45) is 5.92 Å². The third kappa shape index (κ3) is 5.02. The molecule has 23 heavy (non-hydrogen) atoms. The summed E-state index contributed by atoms with van der Waals surface area (Å²) in [5.41, 5.74) is 1.40. The summed E-state index contributed by atoms with van der Waals surface area (Å²) in [6.45, 7) is 3.46. The van der Waals surface area contributed by atoms with Crippen molar-refractivity contribution in [2.45, 2.75) is 26.4 Å². The predicted octanol–water partition coefficient (Wildman–Crippen LogP) is 1.83. The van der Waals surface area contributed by atoms with Crippen molar-refractivity contribution in [3.8, 4) is 0 Å². The van der Waals surface area contributed by atoms with Gasteiger partial charge in [-0.3, -0.25) is 4.79 Å². The van der Waals surface area contributed by atoms with E-state index in [2.05, 4.69) is 12.2 Å². The standard InChI is InChI=1S/C16H24N2O4S/c1-13-7-9-18(10-8-13)23(20,21)12-16(19)17-15-6-4-3-5-14(15)11-22-2/h3-6,13H,7-12H2,1-2H3,(H,17,19). The number of hydrogen-bond donors (Lipinski definition) is 1. The van der Waals surface area contributed by atoms with Gasteiger partial charge in [0.2, 0.25) is 15.9 Å². The SMILES string of the molecule is COCc1ccccc1NC(=O)CS(=O)(=O)N1CCC(C)CC1. The molecule has 1 amide bonds. The molecule has 0 spiro atoms. The van der Waals surface area contributed by atoms with Crippen LogP contribution in [0.25, 0.3) is 0 Å². The molecule has 128 valence electrons. The third-order valence-electron chi connectivity index (χ3n) is 4.04. The summed E-state index contributed by atoms with van der Waals surface area (Å²) in [6, 6.07) is 7.20. The topological polar surface area (TPSA) is 75.7 Å². The fraction of sp³-hybridized carbons (Fsp3) is 0.562. The number of amides is 1. The average Bonchev–Trinajstić information content (AvgIpc) is 2.49. The van der Waals surface area contributed by atoms with E-state index < -0.39 is 21.7 Å². The lowest BCUT2D eigenvalue weighted by atomic mass is 10.0. The second-order valence-corrected chi connectivity index (χ2v) is 7.95. The Labute approximate surface area is 137 Å². The van der Waals surface area contributed by atoms with Gasteiger partial charge in [-0.2, -0.15) is 0 Å². The summed E-state index contributed by atoms with van der Waals surface area (Å²) >= 11 is 0. The van der Waals surface area contributed by atoms with Gasteiger partial charge >= 0.3 is 0 Å². The van der Waals surface area contributed by atoms with Crippen molar-refractivity contribution in [1.82, 2.24) is 4.31 Å². The maximum Gasteiger partial charge on any atom is 0.241 e. The quantitative estimate of drug-likeness (QED) is 0.857. The molecule has 0 unspecified atom stereocenters. The molecule has 0 atom stereocenters. The summed E-state index contributed by atoms with van der Waals surface area (Å²) in [6.07, 6.45) is 1.69. The molecular formula is C16H24N2O4S. The van der Waals surface area contributed by atoms with Crippen LogP contribution >= 0.6 is 0 Å². The molecule has 1 aromatic carbocycles. The zero-order valence-corrected chi connectivity index (χ0v) is 14.4. The van der Waals surface area contributed by atoms with Gasteiger partial charge < -0.3 is 10.1 Å². The predicted molar refractivity (Wildman–Crippen MR) is 89.5 cm³/mol. The fourth-order valence-electron chi connectivity index (χ4n) is 2.63. The van der Waals surface area contributed by atoms with Crippen molar-refractivity contribution in [3.63, 3.8) is 0 Å². The van der Waals surface area contributed by atoms with Crippen molar-refractivity contribution in [1.29, 1.82) is 0 Å². The van der Waals surface area contributed by atoms with E-state index in [-0.39, 0.29) is 0 Å². The van der Waals surface area contributed by atoms with Gasteiger partial charge in [-0.1, -0.05) is 25.1 Å². The van der Waals surface area contributed by atoms with Crippen molar-refractivity contribution in [3.05, 3.63) is 29.8 Å². The fourth-order valence-corrected chi connectivity index (χ4v) is 3.98. The van der Waals surface area contributed by atoms with Crippen LogP contribution < -0.4 is 5.32 Å². The van der Waals surface area contributed by atoms with Crippen molar-refractivity contribution < 1.29 is 17.9 Å². The van der Waals surface area contributed by atoms with Crippen LogP contribution in [0.4, 0.5) is 5.69 Å². The molecule has 0 radical (unpaired) electrons.